The van der Waals surface area contributed by atoms with E-state index in [1.165, 1.54) is 5.57 Å². The number of methoxy groups -OCH3 is 3. The number of ether oxygens (including phenoxy) is 5. The Balaban J connectivity index is 0.00000135. The molecular formula is C68H126B2N4O14Si3. The second kappa shape index (κ2) is 37.6. The van der Waals surface area contributed by atoms with Gasteiger partial charge in [0.25, 0.3) is 0 Å². The fourth-order valence-electron chi connectivity index (χ4n) is 9.80. The van der Waals surface area contributed by atoms with Crippen molar-refractivity contribution in [3.05, 3.63) is 72.9 Å². The normalized spacial score (nSPS) is 21.5. The molecule has 520 valence electrons. The van der Waals surface area contributed by atoms with Gasteiger partial charge in [0.15, 0.2) is 8.32 Å². The fraction of sp³-hybridized carbons (Fsp3) is 0.765. The summed E-state index contributed by atoms with van der Waals surface area (Å²) in [6, 6.07) is 0. The van der Waals surface area contributed by atoms with Crippen LogP contribution < -0.4 is 0 Å². The Kier molecular flexibility index (Phi) is 36.1. The van der Waals surface area contributed by atoms with Gasteiger partial charge in [-0.3, -0.25) is 0 Å². The zero-order chi connectivity index (χ0) is 71.4. The summed E-state index contributed by atoms with van der Waals surface area (Å²) in [6.07, 6.45) is 7.72. The van der Waals surface area contributed by atoms with E-state index in [9.17, 15) is 29.4 Å². The molecule has 17 atom stereocenters. The maximum atomic E-state index is 13.0. The monoisotopic (exact) mass is 1330 g/mol. The van der Waals surface area contributed by atoms with E-state index in [0.717, 1.165) is 29.5 Å². The minimum atomic E-state index is -2.13. The number of aliphatic hydroxyl groups is 2. The average Bonchev–Trinajstić information content (AvgIpc) is 1.94. The molecule has 0 saturated carbocycles. The average molecular weight is 1330 g/mol. The number of aliphatic hydroxyl groups excluding tert-OH is 2. The molecule has 0 radical (unpaired) electrons. The number of hydrogen-bond acceptors (Lipinski definition) is 16. The fourth-order valence-corrected chi connectivity index (χ4v) is 14.0. The quantitative estimate of drug-likeness (QED) is 0.0362. The first-order chi connectivity index (χ1) is 41.6. The molecule has 4 N–H and O–H groups in total. The number of carbonyl (C=O) groups excluding carboxylic acids is 4. The van der Waals surface area contributed by atoms with Gasteiger partial charge in [0, 0.05) is 19.6 Å². The molecule has 2 aliphatic rings. The summed E-state index contributed by atoms with van der Waals surface area (Å²) in [4.78, 5) is 51.9. The van der Waals surface area contributed by atoms with Crippen LogP contribution in [0, 0.1) is 58.0 Å². The molecule has 18 nitrogen and oxygen atoms in total. The number of hydrogen-bond donors (Lipinski definition) is 4. The van der Waals surface area contributed by atoms with Crippen LogP contribution in [0.15, 0.2) is 72.9 Å². The zero-order valence-electron chi connectivity index (χ0n) is 61.9. The van der Waals surface area contributed by atoms with Crippen LogP contribution in [0.1, 0.15) is 138 Å². The summed E-state index contributed by atoms with van der Waals surface area (Å²) in [5, 5.41) is 35.4. The number of amides is 4. The first-order valence-corrected chi connectivity index (χ1v) is 41.1. The number of nitrogens with zero attached hydrogens (tertiary/aromatic N) is 2. The summed E-state index contributed by atoms with van der Waals surface area (Å²) >= 11 is 0. The predicted molar refractivity (Wildman–Crippen MR) is 378 cm³/mol. The van der Waals surface area contributed by atoms with Crippen molar-refractivity contribution in [1.29, 1.82) is 10.6 Å². The molecule has 0 bridgehead atoms. The Hall–Kier alpha value is -3.62. The third kappa shape index (κ3) is 24.5. The second-order valence-corrected chi connectivity index (χ2v) is 44.2. The van der Waals surface area contributed by atoms with Gasteiger partial charge in [0.1, 0.15) is 6.10 Å². The molecule has 0 aromatic heterocycles. The van der Waals surface area contributed by atoms with E-state index >= 15 is 0 Å². The van der Waals surface area contributed by atoms with Crippen molar-refractivity contribution in [2.45, 2.75) is 247 Å². The molecule has 2 rings (SSSR count). The first kappa shape index (κ1) is 87.4. The van der Waals surface area contributed by atoms with E-state index < -0.39 is 72.9 Å². The van der Waals surface area contributed by atoms with E-state index in [4.69, 9.17) is 47.6 Å². The third-order valence-electron chi connectivity index (χ3n) is 20.0. The third-order valence-corrected chi connectivity index (χ3v) is 33.5. The van der Waals surface area contributed by atoms with Gasteiger partial charge in [0.05, 0.1) is 6.10 Å². The van der Waals surface area contributed by atoms with Crippen molar-refractivity contribution in [3.63, 3.8) is 0 Å². The van der Waals surface area contributed by atoms with E-state index in [1.54, 1.807) is 47.3 Å². The van der Waals surface area contributed by atoms with Crippen molar-refractivity contribution in [2.75, 3.05) is 41.2 Å². The number of nitrogens with one attached hydrogen (secondary N) is 2. The van der Waals surface area contributed by atoms with Crippen LogP contribution >= 0.6 is 0 Å². The van der Waals surface area contributed by atoms with Crippen LogP contribution in [0.4, 0.5) is 9.59 Å². The molecule has 2 aliphatic heterocycles. The van der Waals surface area contributed by atoms with Crippen LogP contribution in [-0.2, 0) is 46.6 Å². The number of carbonyl (C=O) groups is 4. The number of cyclic esters (lactones) is 2. The minimum absolute atomic E-state index is 0.000613. The molecule has 4 amide bonds. The first-order valence-electron chi connectivity index (χ1n) is 32.4. The van der Waals surface area contributed by atoms with E-state index in [-0.39, 0.29) is 107 Å². The summed E-state index contributed by atoms with van der Waals surface area (Å²) in [5.74, 6) is -3.08. The van der Waals surface area contributed by atoms with E-state index in [0.29, 0.717) is 11.5 Å². The standard InChI is InChI=1S/C24H43BN2O5Si.C23H41BN2O6Si.C21H42O3Si/c1-12-19(30-9)21(32-33(10,11)24(6,7)8)16(3)13-15(2)17(4)18(5)22(28)27-20(25-26)14-31-23(27)29;1-11-17(30-8)20(32-33(9,10)23(5,6)7)15(3)12-14(2)19(27)16(4)21(28)26-18(24-25)13-31-22(26)29;1-12-19(23-9)20(24-25(10,11)21(6,7)8)16(3)13-15(2)18(5)17(4)14-22/h12-13,16-21,26H,1,14H2,2-11H3;11-12,15-20,25,27H,1,13H2,2-10H3;12-13,16-20,22H,1,14H2,2-11H3/b15-13-;14-12-;15-13-/t16-,17+,18+,19+,20+,21+;15-,16+,17+,18+,19+,20+;16-,17-,18+,19+,20+/m111/s1. The van der Waals surface area contributed by atoms with E-state index in [2.05, 4.69) is 168 Å². The summed E-state index contributed by atoms with van der Waals surface area (Å²) in [5.41, 5.74) is 2.91. The van der Waals surface area contributed by atoms with Crippen LogP contribution in [0.5, 0.6) is 0 Å². The van der Waals surface area contributed by atoms with Gasteiger partial charge in [-0.2, -0.15) is 0 Å². The molecule has 0 aromatic carbocycles. The summed E-state index contributed by atoms with van der Waals surface area (Å²) < 4.78 is 47.0. The van der Waals surface area contributed by atoms with Gasteiger partial charge >= 0.3 is 360 Å². The van der Waals surface area contributed by atoms with Crippen molar-refractivity contribution in [1.82, 2.24) is 9.80 Å². The number of imide groups is 2. The van der Waals surface area contributed by atoms with Crippen molar-refractivity contribution in [3.8, 4) is 0 Å². The number of rotatable bonds is 32. The van der Waals surface area contributed by atoms with Crippen LogP contribution in [0.25, 0.3) is 0 Å². The Morgan fingerprint density at radius 1 is 0.549 bits per heavy atom. The zero-order valence-corrected chi connectivity index (χ0v) is 64.9. The van der Waals surface area contributed by atoms with Gasteiger partial charge in [-0.15, -0.1) is 6.58 Å². The predicted octanol–water partition coefficient (Wildman–Crippen LogP) is 14.6. The molecule has 0 unspecified atom stereocenters. The SMILES string of the molecule is C=C[C@H](OC)[C@@H](O[Si](C)(C)C(C)(C)C)[C@H](C)/C=C(/C)[C@H](C)[C@H](C)C(=O)N1C(=O)OC[C@H]1B=N.C=C[C@H](OC)[C@@H](O[Si](C)(C)C(C)(C)C)[C@H](C)/C=C(/C)[C@H](C)[C@H](C)CO.C=C[C@H](OC)[C@@H](O[Si](C)(C)C(C)(C)C)[C@H](C)/C=C(/C)[C@H](O)[C@H](C)C(=O)N1C(=O)OC[C@H]1B=N. The summed E-state index contributed by atoms with van der Waals surface area (Å²) in [6.45, 7) is 66.9. The molecule has 2 fully saturated rings. The second-order valence-electron chi connectivity index (χ2n) is 29.9. The van der Waals surface area contributed by atoms with Crippen LogP contribution in [0.2, 0.25) is 54.4 Å². The molecule has 0 aliphatic carbocycles. The molecule has 23 heteroatoms. The summed E-state index contributed by atoms with van der Waals surface area (Å²) in [7, 11) is 0.929. The molecule has 0 aromatic rings. The van der Waals surface area contributed by atoms with Crippen molar-refractivity contribution >= 4 is 63.1 Å². The van der Waals surface area contributed by atoms with Crippen molar-refractivity contribution < 1.29 is 66.4 Å². The Morgan fingerprint density at radius 2 is 0.824 bits per heavy atom. The van der Waals surface area contributed by atoms with Gasteiger partial charge in [-0.05, 0) is 36.9 Å². The van der Waals surface area contributed by atoms with Gasteiger partial charge in [-0.25, -0.2) is 0 Å². The Morgan fingerprint density at radius 3 is 1.08 bits per heavy atom. The topological polar surface area (TPSA) is 237 Å². The van der Waals surface area contributed by atoms with Crippen LogP contribution in [-0.4, -0.2) is 179 Å². The molecule has 2 saturated heterocycles. The molecule has 0 spiro atoms. The number of allylic oxidation sites excluding steroid dienone is 2. The van der Waals surface area contributed by atoms with Crippen LogP contribution in [0.3, 0.4) is 0 Å². The van der Waals surface area contributed by atoms with Crippen molar-refractivity contribution in [2.24, 2.45) is 47.3 Å². The molecule has 2 heterocycles. The van der Waals surface area contributed by atoms with Gasteiger partial charge in [-0.1, -0.05) is 101 Å². The maximum absolute atomic E-state index is 13.0. The Labute approximate surface area is 556 Å². The Bertz CT molecular complexity index is 2370. The van der Waals surface area contributed by atoms with Gasteiger partial charge in [0.2, 0.25) is 0 Å². The van der Waals surface area contributed by atoms with Gasteiger partial charge < -0.3 is 14.3 Å². The van der Waals surface area contributed by atoms with E-state index in [1.807, 2.05) is 39.8 Å². The molecular weight excluding hydrogens is 1200 g/mol. The molecule has 91 heavy (non-hydrogen) atoms.